The summed E-state index contributed by atoms with van der Waals surface area (Å²) in [4.78, 5) is 24.0. The smallest absolute Gasteiger partial charge is 0.353 e. The third-order valence-electron chi connectivity index (χ3n) is 4.19. The molecular weight excluding hydrogens is 383 g/mol. The van der Waals surface area contributed by atoms with E-state index in [0.717, 1.165) is 11.9 Å². The van der Waals surface area contributed by atoms with Crippen molar-refractivity contribution in [1.29, 1.82) is 0 Å². The molecule has 0 atom stereocenters. The van der Waals surface area contributed by atoms with Gasteiger partial charge in [-0.2, -0.15) is 13.2 Å². The number of nitrogens with zero attached hydrogens (tertiary/aromatic N) is 4. The Hall–Kier alpha value is -2.55. The molecule has 2 amide bonds. The largest absolute Gasteiger partial charge is 0.417 e. The number of urea groups is 1. The highest BCUT2D eigenvalue weighted by molar-refractivity contribution is 6.31. The summed E-state index contributed by atoms with van der Waals surface area (Å²) in [6.07, 6.45) is -2.08. The number of hydrogen-bond acceptors (Lipinski definition) is 4. The molecule has 0 bridgehead atoms. The molecule has 10 heteroatoms. The molecule has 1 aliphatic heterocycles. The van der Waals surface area contributed by atoms with Gasteiger partial charge in [-0.3, -0.25) is 4.98 Å². The summed E-state index contributed by atoms with van der Waals surface area (Å²) in [5, 5.41) is 2.51. The van der Waals surface area contributed by atoms with E-state index < -0.39 is 11.7 Å². The SMILES string of the molecule is O=C(NCc1ncc(C(F)(F)F)cc1Cl)N1CCN(c2ccccn2)CC1. The second-order valence-electron chi connectivity index (χ2n) is 5.97. The summed E-state index contributed by atoms with van der Waals surface area (Å²) in [7, 11) is 0. The van der Waals surface area contributed by atoms with Crippen molar-refractivity contribution in [2.75, 3.05) is 31.1 Å². The molecule has 144 valence electrons. The van der Waals surface area contributed by atoms with Crippen LogP contribution in [0.2, 0.25) is 5.02 Å². The van der Waals surface area contributed by atoms with Crippen LogP contribution in [0.5, 0.6) is 0 Å². The maximum atomic E-state index is 12.6. The van der Waals surface area contributed by atoms with Crippen molar-refractivity contribution >= 4 is 23.4 Å². The zero-order chi connectivity index (χ0) is 19.4. The predicted octanol–water partition coefficient (Wildman–Crippen LogP) is 3.18. The van der Waals surface area contributed by atoms with E-state index in [9.17, 15) is 18.0 Å². The van der Waals surface area contributed by atoms with Crippen LogP contribution in [0.15, 0.2) is 36.7 Å². The fourth-order valence-electron chi connectivity index (χ4n) is 2.70. The van der Waals surface area contributed by atoms with Gasteiger partial charge < -0.3 is 15.1 Å². The van der Waals surface area contributed by atoms with Gasteiger partial charge >= 0.3 is 12.2 Å². The monoisotopic (exact) mass is 399 g/mol. The van der Waals surface area contributed by atoms with Crippen molar-refractivity contribution < 1.29 is 18.0 Å². The van der Waals surface area contributed by atoms with Gasteiger partial charge in [0.15, 0.2) is 0 Å². The average Bonchev–Trinajstić information content (AvgIpc) is 2.67. The minimum Gasteiger partial charge on any atom is -0.353 e. The van der Waals surface area contributed by atoms with E-state index in [1.54, 1.807) is 11.1 Å². The zero-order valence-corrected chi connectivity index (χ0v) is 15.0. The van der Waals surface area contributed by atoms with Crippen LogP contribution in [0, 0.1) is 0 Å². The van der Waals surface area contributed by atoms with E-state index in [1.807, 2.05) is 18.2 Å². The molecule has 0 spiro atoms. The summed E-state index contributed by atoms with van der Waals surface area (Å²) in [5.74, 6) is 0.860. The number of piperazine rings is 1. The molecule has 2 aromatic rings. The predicted molar refractivity (Wildman–Crippen MR) is 94.5 cm³/mol. The lowest BCUT2D eigenvalue weighted by atomic mass is 10.2. The molecule has 27 heavy (non-hydrogen) atoms. The molecule has 0 radical (unpaired) electrons. The summed E-state index contributed by atoms with van der Waals surface area (Å²) in [6, 6.07) is 6.15. The van der Waals surface area contributed by atoms with E-state index in [4.69, 9.17) is 11.6 Å². The van der Waals surface area contributed by atoms with Gasteiger partial charge in [0, 0.05) is 38.6 Å². The number of hydrogen-bond donors (Lipinski definition) is 1. The first kappa shape index (κ1) is 19.2. The molecule has 0 aliphatic carbocycles. The fraction of sp³-hybridized carbons (Fsp3) is 0.353. The van der Waals surface area contributed by atoms with Gasteiger partial charge in [0.05, 0.1) is 22.8 Å². The molecule has 1 saturated heterocycles. The fourth-order valence-corrected chi connectivity index (χ4v) is 2.94. The molecule has 3 rings (SSSR count). The highest BCUT2D eigenvalue weighted by Gasteiger charge is 2.31. The van der Waals surface area contributed by atoms with E-state index in [1.165, 1.54) is 0 Å². The Morgan fingerprint density at radius 3 is 2.52 bits per heavy atom. The topological polar surface area (TPSA) is 61.4 Å². The van der Waals surface area contributed by atoms with Gasteiger partial charge in [-0.1, -0.05) is 17.7 Å². The first-order chi connectivity index (χ1) is 12.8. The first-order valence-corrected chi connectivity index (χ1v) is 8.63. The lowest BCUT2D eigenvalue weighted by Gasteiger charge is -2.35. The van der Waals surface area contributed by atoms with Gasteiger partial charge in [-0.25, -0.2) is 9.78 Å². The Morgan fingerprint density at radius 1 is 1.19 bits per heavy atom. The molecule has 1 N–H and O–H groups in total. The number of carbonyl (C=O) groups excluding carboxylic acids is 1. The van der Waals surface area contributed by atoms with Crippen LogP contribution in [-0.2, 0) is 12.7 Å². The third kappa shape index (κ3) is 4.79. The quantitative estimate of drug-likeness (QED) is 0.861. The van der Waals surface area contributed by atoms with Crippen LogP contribution in [0.4, 0.5) is 23.8 Å². The highest BCUT2D eigenvalue weighted by atomic mass is 35.5. The van der Waals surface area contributed by atoms with Crippen molar-refractivity contribution in [2.24, 2.45) is 0 Å². The van der Waals surface area contributed by atoms with Gasteiger partial charge in [-0.15, -0.1) is 0 Å². The summed E-state index contributed by atoms with van der Waals surface area (Å²) in [5.41, 5.74) is -0.738. The maximum absolute atomic E-state index is 12.6. The van der Waals surface area contributed by atoms with Crippen LogP contribution < -0.4 is 10.2 Å². The number of rotatable bonds is 3. The van der Waals surface area contributed by atoms with Crippen molar-refractivity contribution in [1.82, 2.24) is 20.2 Å². The van der Waals surface area contributed by atoms with Crippen LogP contribution in [-0.4, -0.2) is 47.1 Å². The van der Waals surface area contributed by atoms with Crippen molar-refractivity contribution in [3.63, 3.8) is 0 Å². The summed E-state index contributed by atoms with van der Waals surface area (Å²) >= 11 is 5.85. The molecule has 1 aliphatic rings. The van der Waals surface area contributed by atoms with Crippen molar-refractivity contribution in [2.45, 2.75) is 12.7 Å². The van der Waals surface area contributed by atoms with Gasteiger partial charge in [0.2, 0.25) is 0 Å². The third-order valence-corrected chi connectivity index (χ3v) is 4.52. The van der Waals surface area contributed by atoms with E-state index in [2.05, 4.69) is 20.2 Å². The molecule has 1 fully saturated rings. The number of amides is 2. The second kappa shape index (κ2) is 7.99. The normalized spacial score (nSPS) is 15.0. The number of carbonyl (C=O) groups is 1. The van der Waals surface area contributed by atoms with E-state index in [0.29, 0.717) is 32.4 Å². The minimum atomic E-state index is -4.51. The Bertz CT molecular complexity index is 795. The number of alkyl halides is 3. The number of aromatic nitrogens is 2. The molecule has 3 heterocycles. The molecule has 0 unspecified atom stereocenters. The first-order valence-electron chi connectivity index (χ1n) is 8.25. The molecule has 6 nitrogen and oxygen atoms in total. The van der Waals surface area contributed by atoms with E-state index in [-0.39, 0.29) is 23.3 Å². The van der Waals surface area contributed by atoms with Gasteiger partial charge in [0.1, 0.15) is 5.82 Å². The second-order valence-corrected chi connectivity index (χ2v) is 6.38. The van der Waals surface area contributed by atoms with Gasteiger partial charge in [-0.05, 0) is 18.2 Å². The number of anilines is 1. The molecule has 0 saturated carbocycles. The van der Waals surface area contributed by atoms with E-state index >= 15 is 0 Å². The van der Waals surface area contributed by atoms with Crippen molar-refractivity contribution in [3.8, 4) is 0 Å². The number of nitrogens with one attached hydrogen (secondary N) is 1. The van der Waals surface area contributed by atoms with Crippen molar-refractivity contribution in [3.05, 3.63) is 52.9 Å². The summed E-state index contributed by atoms with van der Waals surface area (Å²) < 4.78 is 37.9. The lowest BCUT2D eigenvalue weighted by Crippen LogP contribution is -2.51. The van der Waals surface area contributed by atoms with Crippen LogP contribution in [0.3, 0.4) is 0 Å². The standard InChI is InChI=1S/C17H17ClF3N5O/c18-13-9-12(17(19,20)21)10-23-14(13)11-24-16(27)26-7-5-25(6-8-26)15-3-1-2-4-22-15/h1-4,9-10H,5-8,11H2,(H,24,27). The minimum absolute atomic E-state index is 0.0454. The Labute approximate surface area is 159 Å². The Kier molecular flexibility index (Phi) is 5.69. The Balaban J connectivity index is 1.52. The molecule has 0 aromatic carbocycles. The lowest BCUT2D eigenvalue weighted by molar-refractivity contribution is -0.137. The maximum Gasteiger partial charge on any atom is 0.417 e. The zero-order valence-electron chi connectivity index (χ0n) is 14.2. The van der Waals surface area contributed by atoms with Crippen LogP contribution in [0.1, 0.15) is 11.3 Å². The number of pyridine rings is 2. The summed E-state index contributed by atoms with van der Waals surface area (Å²) in [6.45, 7) is 2.26. The number of halogens is 4. The highest BCUT2D eigenvalue weighted by Crippen LogP contribution is 2.31. The molecule has 2 aromatic heterocycles. The van der Waals surface area contributed by atoms with Gasteiger partial charge in [0.25, 0.3) is 0 Å². The Morgan fingerprint density at radius 2 is 1.93 bits per heavy atom. The molecular formula is C17H17ClF3N5O. The van der Waals surface area contributed by atoms with Crippen LogP contribution >= 0.6 is 11.6 Å². The average molecular weight is 400 g/mol. The van der Waals surface area contributed by atoms with Crippen LogP contribution in [0.25, 0.3) is 0 Å².